The van der Waals surface area contributed by atoms with Crippen LogP contribution in [0.3, 0.4) is 0 Å². The predicted octanol–water partition coefficient (Wildman–Crippen LogP) is 4.64. The highest BCUT2D eigenvalue weighted by atomic mass is 35.5. The maximum atomic E-state index is 12.4. The second-order valence-corrected chi connectivity index (χ2v) is 5.97. The van der Waals surface area contributed by atoms with E-state index in [1.165, 1.54) is 0 Å². The summed E-state index contributed by atoms with van der Waals surface area (Å²) in [4.78, 5) is 27.4. The molecule has 2 aromatic carbocycles. The molecule has 0 aliphatic rings. The van der Waals surface area contributed by atoms with Crippen LogP contribution in [0.15, 0.2) is 48.5 Å². The Labute approximate surface area is 149 Å². The first-order valence-corrected chi connectivity index (χ1v) is 8.32. The van der Waals surface area contributed by atoms with Gasteiger partial charge in [0.1, 0.15) is 5.69 Å². The largest absolute Gasteiger partial charge is 0.462 e. The summed E-state index contributed by atoms with van der Waals surface area (Å²) in [6, 6.07) is 13.8. The number of aromatic amines is 1. The lowest BCUT2D eigenvalue weighted by Crippen LogP contribution is -2.13. The molecule has 0 aliphatic carbocycles. The Hall–Kier alpha value is -2.79. The Kier molecular flexibility index (Phi) is 5.05. The van der Waals surface area contributed by atoms with Gasteiger partial charge in [-0.05, 0) is 36.8 Å². The summed E-state index contributed by atoms with van der Waals surface area (Å²) in [5, 5.41) is 4.18. The van der Waals surface area contributed by atoms with Crippen molar-refractivity contribution in [2.24, 2.45) is 0 Å². The van der Waals surface area contributed by atoms with Crippen LogP contribution in [-0.2, 0) is 4.74 Å². The van der Waals surface area contributed by atoms with E-state index >= 15 is 0 Å². The SMILES string of the molecule is CCCOC(=O)c1cccc(NC(=O)c2cc3cccc(Cl)c3[nH]2)c1. The van der Waals surface area contributed by atoms with Crippen LogP contribution in [-0.4, -0.2) is 23.5 Å². The van der Waals surface area contributed by atoms with Gasteiger partial charge in [-0.25, -0.2) is 4.79 Å². The molecule has 0 fully saturated rings. The zero-order valence-corrected chi connectivity index (χ0v) is 14.4. The quantitative estimate of drug-likeness (QED) is 0.654. The molecule has 2 N–H and O–H groups in total. The topological polar surface area (TPSA) is 71.2 Å². The summed E-state index contributed by atoms with van der Waals surface area (Å²) in [7, 11) is 0. The number of H-pyrrole nitrogens is 1. The molecule has 0 radical (unpaired) electrons. The van der Waals surface area contributed by atoms with Crippen molar-refractivity contribution in [2.75, 3.05) is 11.9 Å². The summed E-state index contributed by atoms with van der Waals surface area (Å²) < 4.78 is 5.10. The van der Waals surface area contributed by atoms with Crippen molar-refractivity contribution in [3.05, 3.63) is 64.8 Å². The van der Waals surface area contributed by atoms with E-state index in [1.807, 2.05) is 19.1 Å². The number of aromatic nitrogens is 1. The predicted molar refractivity (Wildman–Crippen MR) is 98.3 cm³/mol. The highest BCUT2D eigenvalue weighted by molar-refractivity contribution is 6.35. The van der Waals surface area contributed by atoms with Crippen LogP contribution >= 0.6 is 11.6 Å². The first-order chi connectivity index (χ1) is 12.1. The number of benzene rings is 2. The number of nitrogens with one attached hydrogen (secondary N) is 2. The fourth-order valence-corrected chi connectivity index (χ4v) is 2.67. The van der Waals surface area contributed by atoms with E-state index in [4.69, 9.17) is 16.3 Å². The summed E-state index contributed by atoms with van der Waals surface area (Å²) in [6.45, 7) is 2.29. The van der Waals surface area contributed by atoms with Crippen LogP contribution in [0.5, 0.6) is 0 Å². The molecule has 3 aromatic rings. The van der Waals surface area contributed by atoms with Crippen molar-refractivity contribution in [3.8, 4) is 0 Å². The second kappa shape index (κ2) is 7.40. The zero-order chi connectivity index (χ0) is 17.8. The minimum Gasteiger partial charge on any atom is -0.462 e. The molecule has 0 unspecified atom stereocenters. The van der Waals surface area contributed by atoms with Crippen LogP contribution in [0, 0.1) is 0 Å². The lowest BCUT2D eigenvalue weighted by Gasteiger charge is -2.07. The number of para-hydroxylation sites is 1. The average Bonchev–Trinajstić information content (AvgIpc) is 3.06. The molecule has 1 heterocycles. The van der Waals surface area contributed by atoms with E-state index < -0.39 is 5.97 Å². The molecular formula is C19H17ClN2O3. The van der Waals surface area contributed by atoms with Crippen LogP contribution in [0.4, 0.5) is 5.69 Å². The van der Waals surface area contributed by atoms with E-state index in [9.17, 15) is 9.59 Å². The molecule has 0 saturated heterocycles. The number of rotatable bonds is 5. The number of ether oxygens (including phenoxy) is 1. The molecule has 0 aliphatic heterocycles. The molecule has 5 nitrogen and oxygen atoms in total. The molecule has 0 bridgehead atoms. The van der Waals surface area contributed by atoms with Gasteiger partial charge in [-0.15, -0.1) is 0 Å². The highest BCUT2D eigenvalue weighted by Gasteiger charge is 2.13. The first kappa shape index (κ1) is 17.0. The maximum Gasteiger partial charge on any atom is 0.338 e. The Balaban J connectivity index is 1.78. The maximum absolute atomic E-state index is 12.4. The van der Waals surface area contributed by atoms with Crippen LogP contribution in [0.2, 0.25) is 5.02 Å². The molecule has 3 rings (SSSR count). The van der Waals surface area contributed by atoms with Crippen molar-refractivity contribution in [2.45, 2.75) is 13.3 Å². The number of fused-ring (bicyclic) bond motifs is 1. The zero-order valence-electron chi connectivity index (χ0n) is 13.6. The summed E-state index contributed by atoms with van der Waals surface area (Å²) in [6.07, 6.45) is 0.755. The lowest BCUT2D eigenvalue weighted by atomic mass is 10.2. The third kappa shape index (κ3) is 3.83. The van der Waals surface area contributed by atoms with Crippen molar-refractivity contribution >= 4 is 40.1 Å². The van der Waals surface area contributed by atoms with Gasteiger partial charge in [0.25, 0.3) is 5.91 Å². The fraction of sp³-hybridized carbons (Fsp3) is 0.158. The number of hydrogen-bond acceptors (Lipinski definition) is 3. The van der Waals surface area contributed by atoms with Gasteiger partial charge in [-0.2, -0.15) is 0 Å². The summed E-state index contributed by atoms with van der Waals surface area (Å²) >= 11 is 6.12. The average molecular weight is 357 g/mol. The van der Waals surface area contributed by atoms with Gasteiger partial charge in [-0.3, -0.25) is 4.79 Å². The van der Waals surface area contributed by atoms with E-state index in [0.29, 0.717) is 34.1 Å². The number of esters is 1. The van der Waals surface area contributed by atoms with Gasteiger partial charge >= 0.3 is 5.97 Å². The van der Waals surface area contributed by atoms with Gasteiger partial charge in [0.2, 0.25) is 0 Å². The van der Waals surface area contributed by atoms with E-state index in [0.717, 1.165) is 11.8 Å². The van der Waals surface area contributed by atoms with Crippen LogP contribution in [0.1, 0.15) is 34.2 Å². The van der Waals surface area contributed by atoms with E-state index in [1.54, 1.807) is 36.4 Å². The smallest absolute Gasteiger partial charge is 0.338 e. The van der Waals surface area contributed by atoms with Crippen LogP contribution < -0.4 is 5.32 Å². The van der Waals surface area contributed by atoms with E-state index in [2.05, 4.69) is 10.3 Å². The third-order valence-corrected chi connectivity index (χ3v) is 3.96. The molecule has 0 spiro atoms. The van der Waals surface area contributed by atoms with E-state index in [-0.39, 0.29) is 5.91 Å². The van der Waals surface area contributed by atoms with Gasteiger partial charge in [0, 0.05) is 11.1 Å². The Bertz CT molecular complexity index is 933. The number of hydrogen-bond donors (Lipinski definition) is 2. The summed E-state index contributed by atoms with van der Waals surface area (Å²) in [5.41, 5.74) is 2.01. The Morgan fingerprint density at radius 2 is 1.96 bits per heavy atom. The number of amides is 1. The molecule has 1 aromatic heterocycles. The first-order valence-electron chi connectivity index (χ1n) is 7.94. The van der Waals surface area contributed by atoms with Gasteiger partial charge in [0.15, 0.2) is 0 Å². The minimum atomic E-state index is -0.407. The Morgan fingerprint density at radius 3 is 2.72 bits per heavy atom. The number of halogens is 1. The standard InChI is InChI=1S/C19H17ClN2O3/c1-2-9-25-19(24)13-6-3-7-14(10-13)21-18(23)16-11-12-5-4-8-15(20)17(12)22-16/h3-8,10-11,22H,2,9H2,1H3,(H,21,23). The molecule has 0 saturated carbocycles. The molecule has 1 amide bonds. The fourth-order valence-electron chi connectivity index (χ4n) is 2.44. The van der Waals surface area contributed by atoms with Crippen LogP contribution in [0.25, 0.3) is 10.9 Å². The monoisotopic (exact) mass is 356 g/mol. The normalized spacial score (nSPS) is 10.6. The minimum absolute atomic E-state index is 0.314. The molecular weight excluding hydrogens is 340 g/mol. The number of carbonyl (C=O) groups is 2. The van der Waals surface area contributed by atoms with Crippen molar-refractivity contribution in [1.29, 1.82) is 0 Å². The highest BCUT2D eigenvalue weighted by Crippen LogP contribution is 2.24. The molecule has 0 atom stereocenters. The number of anilines is 1. The van der Waals surface area contributed by atoms with Gasteiger partial charge < -0.3 is 15.0 Å². The lowest BCUT2D eigenvalue weighted by molar-refractivity contribution is 0.0505. The van der Waals surface area contributed by atoms with Crippen molar-refractivity contribution in [3.63, 3.8) is 0 Å². The molecule has 128 valence electrons. The van der Waals surface area contributed by atoms with Crippen molar-refractivity contribution < 1.29 is 14.3 Å². The molecule has 6 heteroatoms. The second-order valence-electron chi connectivity index (χ2n) is 5.56. The summed E-state index contributed by atoms with van der Waals surface area (Å²) in [5.74, 6) is -0.721. The third-order valence-electron chi connectivity index (χ3n) is 3.64. The molecule has 25 heavy (non-hydrogen) atoms. The van der Waals surface area contributed by atoms with Crippen molar-refractivity contribution in [1.82, 2.24) is 4.98 Å². The van der Waals surface area contributed by atoms with Gasteiger partial charge in [0.05, 0.1) is 22.7 Å². The van der Waals surface area contributed by atoms with Gasteiger partial charge in [-0.1, -0.05) is 36.7 Å². The number of carbonyl (C=O) groups excluding carboxylic acids is 2. The Morgan fingerprint density at radius 1 is 1.16 bits per heavy atom.